The van der Waals surface area contributed by atoms with Crippen LogP contribution in [0.15, 0.2) is 47.2 Å². The predicted molar refractivity (Wildman–Crippen MR) is 69.5 cm³/mol. The van der Waals surface area contributed by atoms with Gasteiger partial charge in [-0.3, -0.25) is 4.79 Å². The molecule has 1 atom stereocenters. The summed E-state index contributed by atoms with van der Waals surface area (Å²) in [6.07, 6.45) is 0. The molecule has 0 aliphatic carbocycles. The maximum Gasteiger partial charge on any atom is 0.241 e. The van der Waals surface area contributed by atoms with Crippen LogP contribution in [-0.4, -0.2) is 5.91 Å². The van der Waals surface area contributed by atoms with Crippen LogP contribution in [0, 0.1) is 0 Å². The normalized spacial score (nSPS) is 12.1. The molecule has 0 spiro atoms. The van der Waals surface area contributed by atoms with Crippen molar-refractivity contribution >= 4 is 17.2 Å². The highest BCUT2D eigenvalue weighted by molar-refractivity contribution is 7.07. The van der Waals surface area contributed by atoms with Crippen LogP contribution in [0.5, 0.6) is 0 Å². The lowest BCUT2D eigenvalue weighted by Crippen LogP contribution is -2.33. The summed E-state index contributed by atoms with van der Waals surface area (Å²) in [7, 11) is 0. The van der Waals surface area contributed by atoms with Crippen molar-refractivity contribution < 1.29 is 4.79 Å². The van der Waals surface area contributed by atoms with E-state index in [1.807, 2.05) is 47.2 Å². The molecule has 0 radical (unpaired) electrons. The van der Waals surface area contributed by atoms with Crippen molar-refractivity contribution in [3.05, 3.63) is 58.3 Å². The minimum atomic E-state index is -0.602. The fourth-order valence-corrected chi connectivity index (χ4v) is 2.17. The molecule has 0 saturated heterocycles. The largest absolute Gasteiger partial charge is 0.350 e. The number of carbonyl (C=O) groups is 1. The second kappa shape index (κ2) is 5.61. The molecule has 3 nitrogen and oxygen atoms in total. The number of nitrogens with one attached hydrogen (secondary N) is 1. The van der Waals surface area contributed by atoms with Crippen molar-refractivity contribution in [3.8, 4) is 0 Å². The van der Waals surface area contributed by atoms with Crippen LogP contribution < -0.4 is 11.1 Å². The molecule has 1 amide bonds. The molecule has 3 N–H and O–H groups in total. The fraction of sp³-hybridized carbons (Fsp3) is 0.154. The first-order chi connectivity index (χ1) is 8.27. The zero-order valence-electron chi connectivity index (χ0n) is 9.30. The van der Waals surface area contributed by atoms with Gasteiger partial charge in [-0.1, -0.05) is 30.3 Å². The average molecular weight is 246 g/mol. The number of amides is 1. The van der Waals surface area contributed by atoms with Gasteiger partial charge in [0.05, 0.1) is 0 Å². The number of thiophene rings is 1. The van der Waals surface area contributed by atoms with Crippen LogP contribution in [0.25, 0.3) is 0 Å². The van der Waals surface area contributed by atoms with Gasteiger partial charge in [0, 0.05) is 6.54 Å². The van der Waals surface area contributed by atoms with Gasteiger partial charge < -0.3 is 11.1 Å². The van der Waals surface area contributed by atoms with E-state index < -0.39 is 6.04 Å². The SMILES string of the molecule is NC(C(=O)NCc1ccsc1)c1ccccc1. The maximum absolute atomic E-state index is 11.8. The predicted octanol–water partition coefficient (Wildman–Crippen LogP) is 2.06. The van der Waals surface area contributed by atoms with Crippen LogP contribution in [0.1, 0.15) is 17.2 Å². The second-order valence-electron chi connectivity index (χ2n) is 3.74. The van der Waals surface area contributed by atoms with Crippen molar-refractivity contribution in [1.82, 2.24) is 5.32 Å². The van der Waals surface area contributed by atoms with Crippen LogP contribution in [0.3, 0.4) is 0 Å². The Hall–Kier alpha value is -1.65. The highest BCUT2D eigenvalue weighted by atomic mass is 32.1. The lowest BCUT2D eigenvalue weighted by Gasteiger charge is -2.11. The van der Waals surface area contributed by atoms with Crippen LogP contribution in [0.4, 0.5) is 0 Å². The third-order valence-corrected chi connectivity index (χ3v) is 3.22. The summed E-state index contributed by atoms with van der Waals surface area (Å²) in [6.45, 7) is 0.531. The van der Waals surface area contributed by atoms with Crippen molar-refractivity contribution in [2.45, 2.75) is 12.6 Å². The van der Waals surface area contributed by atoms with Crippen molar-refractivity contribution in [2.75, 3.05) is 0 Å². The standard InChI is InChI=1S/C13H14N2OS/c14-12(11-4-2-1-3-5-11)13(16)15-8-10-6-7-17-9-10/h1-7,9,12H,8,14H2,(H,15,16). The Morgan fingerprint density at radius 1 is 1.29 bits per heavy atom. The van der Waals surface area contributed by atoms with Gasteiger partial charge in [0.15, 0.2) is 0 Å². The number of nitrogens with two attached hydrogens (primary N) is 1. The molecule has 0 fully saturated rings. The van der Waals surface area contributed by atoms with Crippen LogP contribution in [-0.2, 0) is 11.3 Å². The van der Waals surface area contributed by atoms with E-state index in [0.717, 1.165) is 11.1 Å². The average Bonchev–Trinajstić information content (AvgIpc) is 2.89. The first-order valence-electron chi connectivity index (χ1n) is 5.36. The molecule has 1 unspecified atom stereocenters. The molecule has 0 aliphatic heterocycles. The van der Waals surface area contributed by atoms with Gasteiger partial charge in [-0.25, -0.2) is 0 Å². The quantitative estimate of drug-likeness (QED) is 0.867. The van der Waals surface area contributed by atoms with Crippen molar-refractivity contribution in [1.29, 1.82) is 0 Å². The first-order valence-corrected chi connectivity index (χ1v) is 6.31. The minimum absolute atomic E-state index is 0.151. The highest BCUT2D eigenvalue weighted by Crippen LogP contribution is 2.10. The Balaban J connectivity index is 1.92. The van der Waals surface area contributed by atoms with Gasteiger partial charge in [0.25, 0.3) is 0 Å². The number of carbonyl (C=O) groups excluding carboxylic acids is 1. The molecule has 2 rings (SSSR count). The van der Waals surface area contributed by atoms with Crippen LogP contribution >= 0.6 is 11.3 Å². The summed E-state index contributed by atoms with van der Waals surface area (Å²) in [6, 6.07) is 10.8. The maximum atomic E-state index is 11.8. The molecule has 88 valence electrons. The van der Waals surface area contributed by atoms with E-state index >= 15 is 0 Å². The van der Waals surface area contributed by atoms with Gasteiger partial charge in [-0.15, -0.1) is 0 Å². The molecule has 1 heterocycles. The van der Waals surface area contributed by atoms with Crippen molar-refractivity contribution in [2.24, 2.45) is 5.73 Å². The second-order valence-corrected chi connectivity index (χ2v) is 4.52. The Morgan fingerprint density at radius 2 is 2.06 bits per heavy atom. The molecule has 17 heavy (non-hydrogen) atoms. The van der Waals surface area contributed by atoms with E-state index in [4.69, 9.17) is 5.73 Å². The molecule has 1 aromatic heterocycles. The summed E-state index contributed by atoms with van der Waals surface area (Å²) in [5.74, 6) is -0.151. The fourth-order valence-electron chi connectivity index (χ4n) is 1.50. The number of hydrogen-bond donors (Lipinski definition) is 2. The van der Waals surface area contributed by atoms with E-state index in [9.17, 15) is 4.79 Å². The van der Waals surface area contributed by atoms with E-state index in [-0.39, 0.29) is 5.91 Å². The molecule has 4 heteroatoms. The minimum Gasteiger partial charge on any atom is -0.350 e. The third-order valence-electron chi connectivity index (χ3n) is 2.49. The molecule has 1 aromatic carbocycles. The lowest BCUT2D eigenvalue weighted by atomic mass is 10.1. The summed E-state index contributed by atoms with van der Waals surface area (Å²) in [5, 5.41) is 6.82. The van der Waals surface area contributed by atoms with Gasteiger partial charge in [0.2, 0.25) is 5.91 Å². The molecule has 0 saturated carbocycles. The highest BCUT2D eigenvalue weighted by Gasteiger charge is 2.14. The van der Waals surface area contributed by atoms with Crippen LogP contribution in [0.2, 0.25) is 0 Å². The topological polar surface area (TPSA) is 55.1 Å². The summed E-state index contributed by atoms with van der Waals surface area (Å²) >= 11 is 1.61. The summed E-state index contributed by atoms with van der Waals surface area (Å²) < 4.78 is 0. The van der Waals surface area contributed by atoms with Crippen molar-refractivity contribution in [3.63, 3.8) is 0 Å². The molecule has 0 aliphatic rings. The summed E-state index contributed by atoms with van der Waals surface area (Å²) in [4.78, 5) is 11.8. The van der Waals surface area contributed by atoms with Gasteiger partial charge in [0.1, 0.15) is 6.04 Å². The van der Waals surface area contributed by atoms with Gasteiger partial charge >= 0.3 is 0 Å². The monoisotopic (exact) mass is 246 g/mol. The van der Waals surface area contributed by atoms with E-state index in [0.29, 0.717) is 6.54 Å². The Morgan fingerprint density at radius 3 is 2.71 bits per heavy atom. The summed E-state index contributed by atoms with van der Waals surface area (Å²) in [5.41, 5.74) is 7.80. The first kappa shape index (κ1) is 11.8. The zero-order valence-corrected chi connectivity index (χ0v) is 10.1. The van der Waals surface area contributed by atoms with Gasteiger partial charge in [-0.05, 0) is 28.0 Å². The Labute approximate surface area is 104 Å². The number of benzene rings is 1. The molecule has 0 bridgehead atoms. The molecular weight excluding hydrogens is 232 g/mol. The Kier molecular flexibility index (Phi) is 3.90. The number of hydrogen-bond acceptors (Lipinski definition) is 3. The molecular formula is C13H14N2OS. The van der Waals surface area contributed by atoms with E-state index in [1.54, 1.807) is 11.3 Å². The lowest BCUT2D eigenvalue weighted by molar-refractivity contribution is -0.122. The molecule has 2 aromatic rings. The Bertz CT molecular complexity index is 467. The third kappa shape index (κ3) is 3.15. The van der Waals surface area contributed by atoms with Gasteiger partial charge in [-0.2, -0.15) is 11.3 Å². The zero-order chi connectivity index (χ0) is 12.1. The van der Waals surface area contributed by atoms with E-state index in [1.165, 1.54) is 0 Å². The smallest absolute Gasteiger partial charge is 0.241 e. The van der Waals surface area contributed by atoms with E-state index in [2.05, 4.69) is 5.32 Å². The number of rotatable bonds is 4.